The molecule has 1 fully saturated rings. The summed E-state index contributed by atoms with van der Waals surface area (Å²) in [6.07, 6.45) is 4.58. The molecule has 0 unspecified atom stereocenters. The summed E-state index contributed by atoms with van der Waals surface area (Å²) in [6, 6.07) is 8.20. The molecule has 1 saturated carbocycles. The van der Waals surface area contributed by atoms with Crippen molar-refractivity contribution in [1.82, 2.24) is 15.5 Å². The van der Waals surface area contributed by atoms with Gasteiger partial charge in [-0.3, -0.25) is 4.79 Å². The largest absolute Gasteiger partial charge is 0.411 e. The second-order valence-corrected chi connectivity index (χ2v) is 7.23. The zero-order valence-electron chi connectivity index (χ0n) is 13.4. The fourth-order valence-electron chi connectivity index (χ4n) is 2.77. The number of hydrogen-bond donors (Lipinski definition) is 1. The number of aromatic nitrogens is 2. The number of nitrogens with zero attached hydrogens (tertiary/aromatic N) is 2. The van der Waals surface area contributed by atoms with Crippen LogP contribution in [-0.4, -0.2) is 27.4 Å². The van der Waals surface area contributed by atoms with Crippen molar-refractivity contribution in [1.29, 1.82) is 0 Å². The number of aryl methyl sites for hydroxylation is 1. The molecule has 5 nitrogen and oxygen atoms in total. The van der Waals surface area contributed by atoms with Gasteiger partial charge in [-0.15, -0.1) is 10.2 Å². The standard InChI is InChI=1S/C17H21N3O2S/c1-11-7-3-6-10-14(11)16-19-20-17(22-16)23-12(2)15(21)18-13-8-4-5-9-13/h3,6-7,10,12-13H,4-5,8-9H2,1-2H3,(H,18,21)/t12-/m1/s1. The summed E-state index contributed by atoms with van der Waals surface area (Å²) >= 11 is 1.30. The van der Waals surface area contributed by atoms with E-state index in [1.165, 1.54) is 24.6 Å². The summed E-state index contributed by atoms with van der Waals surface area (Å²) < 4.78 is 5.70. The van der Waals surface area contributed by atoms with Crippen molar-refractivity contribution in [3.8, 4) is 11.5 Å². The van der Waals surface area contributed by atoms with Crippen LogP contribution in [0.25, 0.3) is 11.5 Å². The highest BCUT2D eigenvalue weighted by molar-refractivity contribution is 8.00. The smallest absolute Gasteiger partial charge is 0.277 e. The number of benzene rings is 1. The van der Waals surface area contributed by atoms with Crippen LogP contribution in [0, 0.1) is 6.92 Å². The molecule has 2 aromatic rings. The second kappa shape index (κ2) is 7.17. The van der Waals surface area contributed by atoms with E-state index in [0.717, 1.165) is 24.0 Å². The fraction of sp³-hybridized carbons (Fsp3) is 0.471. The Balaban J connectivity index is 1.62. The monoisotopic (exact) mass is 331 g/mol. The first-order valence-electron chi connectivity index (χ1n) is 8.00. The van der Waals surface area contributed by atoms with E-state index >= 15 is 0 Å². The second-order valence-electron chi connectivity index (χ2n) is 5.94. The van der Waals surface area contributed by atoms with Gasteiger partial charge in [0.15, 0.2) is 0 Å². The highest BCUT2D eigenvalue weighted by Gasteiger charge is 2.23. The minimum absolute atomic E-state index is 0.0394. The van der Waals surface area contributed by atoms with Gasteiger partial charge in [0.1, 0.15) is 0 Å². The van der Waals surface area contributed by atoms with Crippen LogP contribution in [0.5, 0.6) is 0 Å². The van der Waals surface area contributed by atoms with E-state index < -0.39 is 0 Å². The van der Waals surface area contributed by atoms with Gasteiger partial charge in [-0.05, 0) is 38.3 Å². The maximum absolute atomic E-state index is 12.2. The summed E-state index contributed by atoms with van der Waals surface area (Å²) in [5.74, 6) is 0.534. The molecule has 0 spiro atoms. The first-order valence-corrected chi connectivity index (χ1v) is 8.88. The predicted molar refractivity (Wildman–Crippen MR) is 90.2 cm³/mol. The predicted octanol–water partition coefficient (Wildman–Crippen LogP) is 3.58. The number of carbonyl (C=O) groups excluding carboxylic acids is 1. The Morgan fingerprint density at radius 3 is 2.78 bits per heavy atom. The molecule has 1 aliphatic rings. The van der Waals surface area contributed by atoms with Gasteiger partial charge in [0.05, 0.1) is 5.25 Å². The molecular weight excluding hydrogens is 310 g/mol. The van der Waals surface area contributed by atoms with Crippen LogP contribution in [0.15, 0.2) is 33.9 Å². The van der Waals surface area contributed by atoms with E-state index in [1.54, 1.807) is 0 Å². The zero-order valence-corrected chi connectivity index (χ0v) is 14.2. The van der Waals surface area contributed by atoms with Gasteiger partial charge in [0.2, 0.25) is 11.8 Å². The van der Waals surface area contributed by atoms with Crippen LogP contribution >= 0.6 is 11.8 Å². The number of amides is 1. The van der Waals surface area contributed by atoms with Crippen molar-refractivity contribution in [2.24, 2.45) is 0 Å². The van der Waals surface area contributed by atoms with E-state index in [1.807, 2.05) is 38.1 Å². The molecule has 1 aliphatic carbocycles. The lowest BCUT2D eigenvalue weighted by Gasteiger charge is -2.14. The van der Waals surface area contributed by atoms with E-state index in [4.69, 9.17) is 4.42 Å². The first kappa shape index (κ1) is 16.1. The molecule has 23 heavy (non-hydrogen) atoms. The molecule has 0 aliphatic heterocycles. The number of nitrogens with one attached hydrogen (secondary N) is 1. The SMILES string of the molecule is Cc1ccccc1-c1nnc(S[C@H](C)C(=O)NC2CCCC2)o1. The summed E-state index contributed by atoms with van der Waals surface area (Å²) in [5, 5.41) is 11.4. The molecular formula is C17H21N3O2S. The van der Waals surface area contributed by atoms with Gasteiger partial charge in [-0.25, -0.2) is 0 Å². The van der Waals surface area contributed by atoms with Crippen molar-refractivity contribution in [3.05, 3.63) is 29.8 Å². The Labute approximate surface area is 140 Å². The molecule has 1 atom stereocenters. The summed E-state index contributed by atoms with van der Waals surface area (Å²) in [5.41, 5.74) is 2.01. The van der Waals surface area contributed by atoms with Crippen LogP contribution in [0.4, 0.5) is 0 Å². The minimum Gasteiger partial charge on any atom is -0.411 e. The van der Waals surface area contributed by atoms with Gasteiger partial charge >= 0.3 is 0 Å². The average Bonchev–Trinajstić information content (AvgIpc) is 3.19. The quantitative estimate of drug-likeness (QED) is 0.848. The average molecular weight is 331 g/mol. The third-order valence-corrected chi connectivity index (χ3v) is 5.06. The van der Waals surface area contributed by atoms with Gasteiger partial charge in [-0.1, -0.05) is 42.8 Å². The Morgan fingerprint density at radius 1 is 1.30 bits per heavy atom. The van der Waals surface area contributed by atoms with E-state index in [2.05, 4.69) is 15.5 Å². The molecule has 6 heteroatoms. The molecule has 1 amide bonds. The zero-order chi connectivity index (χ0) is 16.2. The minimum atomic E-state index is -0.249. The number of rotatable bonds is 5. The van der Waals surface area contributed by atoms with E-state index in [9.17, 15) is 4.79 Å². The maximum atomic E-state index is 12.2. The van der Waals surface area contributed by atoms with Crippen LogP contribution < -0.4 is 5.32 Å². The molecule has 1 aromatic heterocycles. The molecule has 1 aromatic carbocycles. The van der Waals surface area contributed by atoms with Crippen molar-refractivity contribution in [3.63, 3.8) is 0 Å². The molecule has 0 saturated heterocycles. The normalized spacial score (nSPS) is 16.4. The Morgan fingerprint density at radius 2 is 2.04 bits per heavy atom. The Kier molecular flexibility index (Phi) is 5.00. The topological polar surface area (TPSA) is 68.0 Å². The number of carbonyl (C=O) groups is 1. The molecule has 1 heterocycles. The van der Waals surface area contributed by atoms with E-state index in [0.29, 0.717) is 17.2 Å². The van der Waals surface area contributed by atoms with Crippen LogP contribution in [0.3, 0.4) is 0 Å². The van der Waals surface area contributed by atoms with Crippen molar-refractivity contribution < 1.29 is 9.21 Å². The fourth-order valence-corrected chi connectivity index (χ4v) is 3.47. The Hall–Kier alpha value is -1.82. The lowest BCUT2D eigenvalue weighted by atomic mass is 10.1. The lowest BCUT2D eigenvalue weighted by molar-refractivity contribution is -0.120. The lowest BCUT2D eigenvalue weighted by Crippen LogP contribution is -2.37. The summed E-state index contributed by atoms with van der Waals surface area (Å²) in [6.45, 7) is 3.87. The van der Waals surface area contributed by atoms with Gasteiger partial charge in [0, 0.05) is 11.6 Å². The molecule has 122 valence electrons. The number of hydrogen-bond acceptors (Lipinski definition) is 5. The highest BCUT2D eigenvalue weighted by Crippen LogP contribution is 2.28. The molecule has 0 bridgehead atoms. The van der Waals surface area contributed by atoms with Crippen molar-refractivity contribution >= 4 is 17.7 Å². The van der Waals surface area contributed by atoms with E-state index in [-0.39, 0.29) is 11.2 Å². The van der Waals surface area contributed by atoms with Crippen molar-refractivity contribution in [2.45, 2.75) is 56.0 Å². The van der Waals surface area contributed by atoms with Gasteiger partial charge in [-0.2, -0.15) is 0 Å². The molecule has 3 rings (SSSR count). The first-order chi connectivity index (χ1) is 11.1. The molecule has 0 radical (unpaired) electrons. The molecule has 1 N–H and O–H groups in total. The van der Waals surface area contributed by atoms with Crippen LogP contribution in [0.2, 0.25) is 0 Å². The van der Waals surface area contributed by atoms with Gasteiger partial charge < -0.3 is 9.73 Å². The van der Waals surface area contributed by atoms with Crippen molar-refractivity contribution in [2.75, 3.05) is 0 Å². The highest BCUT2D eigenvalue weighted by atomic mass is 32.2. The summed E-state index contributed by atoms with van der Waals surface area (Å²) in [4.78, 5) is 12.2. The van der Waals surface area contributed by atoms with Gasteiger partial charge in [0.25, 0.3) is 5.22 Å². The van der Waals surface area contributed by atoms with Crippen LogP contribution in [0.1, 0.15) is 38.2 Å². The third-order valence-electron chi connectivity index (χ3n) is 4.13. The number of thioether (sulfide) groups is 1. The third kappa shape index (κ3) is 3.93. The maximum Gasteiger partial charge on any atom is 0.277 e. The Bertz CT molecular complexity index is 680. The summed E-state index contributed by atoms with van der Waals surface area (Å²) in [7, 11) is 0. The van der Waals surface area contributed by atoms with Crippen LogP contribution in [-0.2, 0) is 4.79 Å².